The summed E-state index contributed by atoms with van der Waals surface area (Å²) in [5.41, 5.74) is 8.43. The molecule has 1 fully saturated rings. The molecule has 1 aliphatic heterocycles. The van der Waals surface area contributed by atoms with Crippen LogP contribution in [0.15, 0.2) is 107 Å². The van der Waals surface area contributed by atoms with Crippen LogP contribution in [-0.4, -0.2) is 43.4 Å². The highest BCUT2D eigenvalue weighted by atomic mass is 16.2. The highest BCUT2D eigenvalue weighted by Crippen LogP contribution is 2.33. The van der Waals surface area contributed by atoms with Gasteiger partial charge in [-0.05, 0) is 66.8 Å². The van der Waals surface area contributed by atoms with Gasteiger partial charge in [0.05, 0.1) is 27.6 Å². The van der Waals surface area contributed by atoms with Gasteiger partial charge in [-0.2, -0.15) is 0 Å². The summed E-state index contributed by atoms with van der Waals surface area (Å²) in [6, 6.07) is 26.1. The Bertz CT molecular complexity index is 2210. The van der Waals surface area contributed by atoms with Crippen molar-refractivity contribution in [3.05, 3.63) is 130 Å². The van der Waals surface area contributed by atoms with E-state index in [1.807, 2.05) is 66.1 Å². The standard InChI is InChI=1S/C37H34N6O3/c1-3-34(44)39-31-21-33-32(19-23(31)2)41-37(46)43(33)27-14-17-42(18-15-27)22-24-9-11-26(12-10-24)35-28(25-7-5-4-6-8-25)20-29-30(40-35)13-16-38-36(29)45/h3-13,16,19-21,27H,1,14-15,17-18,22H2,2H3,(H,38,45)(H,39,44)(H,41,46). The fraction of sp³-hybridized carbons (Fsp3) is 0.189. The first-order chi connectivity index (χ1) is 22.4. The second-order valence-corrected chi connectivity index (χ2v) is 11.9. The molecule has 9 heteroatoms. The zero-order chi connectivity index (χ0) is 31.8. The number of rotatable bonds is 7. The summed E-state index contributed by atoms with van der Waals surface area (Å²) in [4.78, 5) is 50.6. The van der Waals surface area contributed by atoms with Gasteiger partial charge < -0.3 is 15.3 Å². The average molecular weight is 611 g/mol. The minimum absolute atomic E-state index is 0.0631. The summed E-state index contributed by atoms with van der Waals surface area (Å²) in [6.45, 7) is 7.96. The van der Waals surface area contributed by atoms with E-state index in [4.69, 9.17) is 4.98 Å². The minimum Gasteiger partial charge on any atom is -0.328 e. The number of aromatic nitrogens is 4. The smallest absolute Gasteiger partial charge is 0.326 e. The normalized spacial score (nSPS) is 14.1. The lowest BCUT2D eigenvalue weighted by Crippen LogP contribution is -2.36. The van der Waals surface area contributed by atoms with Gasteiger partial charge in [-0.3, -0.25) is 19.1 Å². The average Bonchev–Trinajstić information content (AvgIpc) is 3.39. The first kappa shape index (κ1) is 29.2. The van der Waals surface area contributed by atoms with E-state index < -0.39 is 0 Å². The van der Waals surface area contributed by atoms with Gasteiger partial charge >= 0.3 is 5.69 Å². The fourth-order valence-electron chi connectivity index (χ4n) is 6.49. The van der Waals surface area contributed by atoms with Crippen molar-refractivity contribution in [2.24, 2.45) is 0 Å². The molecule has 6 aromatic rings. The number of piperidine rings is 1. The van der Waals surface area contributed by atoms with Crippen LogP contribution in [0.3, 0.4) is 0 Å². The van der Waals surface area contributed by atoms with Crippen LogP contribution in [0, 0.1) is 6.92 Å². The van der Waals surface area contributed by atoms with Crippen LogP contribution in [0.1, 0.15) is 30.0 Å². The van der Waals surface area contributed by atoms with Gasteiger partial charge in [-0.1, -0.05) is 61.2 Å². The van der Waals surface area contributed by atoms with Crippen LogP contribution in [0.4, 0.5) is 5.69 Å². The van der Waals surface area contributed by atoms with E-state index in [-0.39, 0.29) is 23.2 Å². The van der Waals surface area contributed by atoms with Crippen LogP contribution in [0.2, 0.25) is 0 Å². The summed E-state index contributed by atoms with van der Waals surface area (Å²) >= 11 is 0. The first-order valence-electron chi connectivity index (χ1n) is 15.5. The van der Waals surface area contributed by atoms with Crippen molar-refractivity contribution in [1.29, 1.82) is 0 Å². The van der Waals surface area contributed by atoms with Crippen LogP contribution in [0.5, 0.6) is 0 Å². The predicted molar refractivity (Wildman–Crippen MR) is 183 cm³/mol. The lowest BCUT2D eigenvalue weighted by atomic mass is 9.97. The number of nitrogens with one attached hydrogen (secondary N) is 3. The summed E-state index contributed by atoms with van der Waals surface area (Å²) in [5.74, 6) is -0.282. The molecule has 1 amide bonds. The predicted octanol–water partition coefficient (Wildman–Crippen LogP) is 6.17. The molecule has 0 spiro atoms. The zero-order valence-corrected chi connectivity index (χ0v) is 25.5. The number of carbonyl (C=O) groups excluding carboxylic acids is 1. The number of fused-ring (bicyclic) bond motifs is 2. The van der Waals surface area contributed by atoms with Crippen LogP contribution >= 0.6 is 0 Å². The minimum atomic E-state index is -0.282. The Hall–Kier alpha value is -5.54. The molecular formula is C37H34N6O3. The summed E-state index contributed by atoms with van der Waals surface area (Å²) in [5, 5.41) is 3.41. The number of benzene rings is 3. The second-order valence-electron chi connectivity index (χ2n) is 11.9. The lowest BCUT2D eigenvalue weighted by molar-refractivity contribution is -0.111. The molecule has 3 aromatic carbocycles. The van der Waals surface area contributed by atoms with Gasteiger partial charge in [0, 0.05) is 48.7 Å². The zero-order valence-electron chi connectivity index (χ0n) is 25.5. The van der Waals surface area contributed by atoms with E-state index in [9.17, 15) is 14.4 Å². The number of carbonyl (C=O) groups is 1. The number of anilines is 1. The van der Waals surface area contributed by atoms with Crippen molar-refractivity contribution in [2.75, 3.05) is 18.4 Å². The third kappa shape index (κ3) is 5.57. The first-order valence-corrected chi connectivity index (χ1v) is 15.5. The molecule has 0 bridgehead atoms. The van der Waals surface area contributed by atoms with Gasteiger partial charge in [0.25, 0.3) is 5.56 Å². The molecule has 3 N–H and O–H groups in total. The Labute approximate surface area is 265 Å². The molecule has 7 rings (SSSR count). The van der Waals surface area contributed by atoms with E-state index in [2.05, 4.69) is 51.0 Å². The Morgan fingerprint density at radius 1 is 1.00 bits per heavy atom. The van der Waals surface area contributed by atoms with Crippen molar-refractivity contribution in [3.63, 3.8) is 0 Å². The molecule has 0 unspecified atom stereocenters. The number of pyridine rings is 2. The third-order valence-corrected chi connectivity index (χ3v) is 8.90. The Balaban J connectivity index is 1.09. The van der Waals surface area contributed by atoms with E-state index in [1.54, 1.807) is 6.20 Å². The Morgan fingerprint density at radius 3 is 2.50 bits per heavy atom. The van der Waals surface area contributed by atoms with Crippen LogP contribution in [-0.2, 0) is 11.3 Å². The Morgan fingerprint density at radius 2 is 1.76 bits per heavy atom. The van der Waals surface area contributed by atoms with Gasteiger partial charge in [0.15, 0.2) is 0 Å². The monoisotopic (exact) mass is 610 g/mol. The fourth-order valence-corrected chi connectivity index (χ4v) is 6.49. The van der Waals surface area contributed by atoms with E-state index in [0.717, 1.165) is 71.5 Å². The number of imidazole rings is 1. The molecule has 0 aliphatic carbocycles. The highest BCUT2D eigenvalue weighted by molar-refractivity contribution is 6.00. The number of H-pyrrole nitrogens is 2. The summed E-state index contributed by atoms with van der Waals surface area (Å²) in [6.07, 6.45) is 4.55. The van der Waals surface area contributed by atoms with Gasteiger partial charge in [-0.25, -0.2) is 9.78 Å². The molecule has 230 valence electrons. The largest absolute Gasteiger partial charge is 0.328 e. The van der Waals surface area contributed by atoms with E-state index >= 15 is 0 Å². The van der Waals surface area contributed by atoms with Crippen LogP contribution in [0.25, 0.3) is 44.3 Å². The summed E-state index contributed by atoms with van der Waals surface area (Å²) in [7, 11) is 0. The van der Waals surface area contributed by atoms with Crippen molar-refractivity contribution in [3.8, 4) is 22.4 Å². The summed E-state index contributed by atoms with van der Waals surface area (Å²) < 4.78 is 1.85. The molecule has 9 nitrogen and oxygen atoms in total. The molecule has 1 aliphatic rings. The number of aryl methyl sites for hydroxylation is 1. The van der Waals surface area contributed by atoms with Crippen molar-refractivity contribution < 1.29 is 4.79 Å². The van der Waals surface area contributed by atoms with E-state index in [1.165, 1.54) is 11.6 Å². The number of nitrogens with zero attached hydrogens (tertiary/aromatic N) is 3. The number of hydrogen-bond acceptors (Lipinski definition) is 5. The molecule has 3 aromatic heterocycles. The third-order valence-electron chi connectivity index (χ3n) is 8.90. The van der Waals surface area contributed by atoms with Gasteiger partial charge in [0.2, 0.25) is 5.91 Å². The number of aromatic amines is 2. The molecule has 0 atom stereocenters. The number of hydrogen-bond donors (Lipinski definition) is 3. The van der Waals surface area contributed by atoms with Crippen molar-refractivity contribution in [1.82, 2.24) is 24.4 Å². The number of amides is 1. The molecular weight excluding hydrogens is 576 g/mol. The highest BCUT2D eigenvalue weighted by Gasteiger charge is 2.24. The lowest BCUT2D eigenvalue weighted by Gasteiger charge is -2.32. The molecule has 0 radical (unpaired) electrons. The maximum absolute atomic E-state index is 13.0. The van der Waals surface area contributed by atoms with Crippen molar-refractivity contribution >= 4 is 33.5 Å². The Kier molecular flexibility index (Phi) is 7.68. The molecule has 4 heterocycles. The van der Waals surface area contributed by atoms with Gasteiger partial charge in [-0.15, -0.1) is 0 Å². The van der Waals surface area contributed by atoms with Crippen LogP contribution < -0.4 is 16.6 Å². The van der Waals surface area contributed by atoms with Gasteiger partial charge in [0.1, 0.15) is 0 Å². The molecule has 46 heavy (non-hydrogen) atoms. The SMILES string of the molecule is C=CC(=O)Nc1cc2c(cc1C)[nH]c(=O)n2C1CCN(Cc2ccc(-c3nc4cc[nH]c(=O)c4cc3-c3ccccc3)cc2)CC1. The second kappa shape index (κ2) is 12.1. The topological polar surface area (TPSA) is 116 Å². The quantitative estimate of drug-likeness (QED) is 0.187. The van der Waals surface area contributed by atoms with E-state index in [0.29, 0.717) is 16.6 Å². The van der Waals surface area contributed by atoms with Crippen molar-refractivity contribution in [2.45, 2.75) is 32.4 Å². The number of likely N-dealkylation sites (tertiary alicyclic amines) is 1. The maximum Gasteiger partial charge on any atom is 0.326 e. The maximum atomic E-state index is 13.0. The molecule has 1 saturated heterocycles. The molecule has 0 saturated carbocycles.